The minimum absolute atomic E-state index is 0.204. The predicted octanol–water partition coefficient (Wildman–Crippen LogP) is 2.61. The molecule has 3 heteroatoms. The van der Waals surface area contributed by atoms with Gasteiger partial charge in [0, 0.05) is 6.54 Å². The lowest BCUT2D eigenvalue weighted by Crippen LogP contribution is -2.36. The Bertz CT molecular complexity index is 566. The van der Waals surface area contributed by atoms with Crippen LogP contribution in [0.15, 0.2) is 54.6 Å². The summed E-state index contributed by atoms with van der Waals surface area (Å²) in [5, 5.41) is 0. The Morgan fingerprint density at radius 3 is 2.56 bits per heavy atom. The SMILES string of the molecule is O=C1CN(Cc2ccccc2)c2ccccc2O1. The summed E-state index contributed by atoms with van der Waals surface area (Å²) in [6.07, 6.45) is 0. The number of ether oxygens (including phenoxy) is 1. The number of hydrogen-bond donors (Lipinski definition) is 0. The maximum atomic E-state index is 11.6. The van der Waals surface area contributed by atoms with E-state index in [4.69, 9.17) is 4.74 Å². The quantitative estimate of drug-likeness (QED) is 0.596. The van der Waals surface area contributed by atoms with Crippen molar-refractivity contribution in [2.75, 3.05) is 11.4 Å². The lowest BCUT2D eigenvalue weighted by atomic mass is 10.1. The zero-order valence-electron chi connectivity index (χ0n) is 9.87. The molecule has 18 heavy (non-hydrogen) atoms. The van der Waals surface area contributed by atoms with Crippen molar-refractivity contribution in [3.05, 3.63) is 60.2 Å². The molecule has 90 valence electrons. The number of rotatable bonds is 2. The Morgan fingerprint density at radius 2 is 1.72 bits per heavy atom. The van der Waals surface area contributed by atoms with Crippen LogP contribution >= 0.6 is 0 Å². The van der Waals surface area contributed by atoms with Gasteiger partial charge in [-0.15, -0.1) is 0 Å². The van der Waals surface area contributed by atoms with Crippen LogP contribution in [0.5, 0.6) is 5.75 Å². The van der Waals surface area contributed by atoms with Crippen LogP contribution in [0, 0.1) is 0 Å². The van der Waals surface area contributed by atoms with Crippen molar-refractivity contribution in [2.45, 2.75) is 6.54 Å². The number of benzene rings is 2. The summed E-state index contributed by atoms with van der Waals surface area (Å²) >= 11 is 0. The second-order valence-corrected chi connectivity index (χ2v) is 4.28. The lowest BCUT2D eigenvalue weighted by molar-refractivity contribution is -0.133. The largest absolute Gasteiger partial charge is 0.423 e. The summed E-state index contributed by atoms with van der Waals surface area (Å²) < 4.78 is 5.22. The predicted molar refractivity (Wildman–Crippen MR) is 69.6 cm³/mol. The van der Waals surface area contributed by atoms with Crippen molar-refractivity contribution >= 4 is 11.7 Å². The van der Waals surface area contributed by atoms with Gasteiger partial charge in [-0.05, 0) is 17.7 Å². The van der Waals surface area contributed by atoms with E-state index in [1.165, 1.54) is 5.56 Å². The Labute approximate surface area is 106 Å². The molecule has 0 amide bonds. The summed E-state index contributed by atoms with van der Waals surface area (Å²) in [4.78, 5) is 13.6. The van der Waals surface area contributed by atoms with E-state index in [1.807, 2.05) is 47.4 Å². The second-order valence-electron chi connectivity index (χ2n) is 4.28. The summed E-state index contributed by atoms with van der Waals surface area (Å²) in [6, 6.07) is 17.7. The van der Waals surface area contributed by atoms with Gasteiger partial charge in [0.15, 0.2) is 5.75 Å². The number of anilines is 1. The van der Waals surface area contributed by atoms with Crippen LogP contribution in [0.3, 0.4) is 0 Å². The zero-order valence-corrected chi connectivity index (χ0v) is 9.87. The Hall–Kier alpha value is -2.29. The Kier molecular flexibility index (Phi) is 2.73. The fraction of sp³-hybridized carbons (Fsp3) is 0.133. The molecule has 0 fully saturated rings. The van der Waals surface area contributed by atoms with Gasteiger partial charge < -0.3 is 9.64 Å². The highest BCUT2D eigenvalue weighted by Gasteiger charge is 2.23. The molecule has 0 aromatic heterocycles. The highest BCUT2D eigenvalue weighted by atomic mass is 16.5. The first-order valence-electron chi connectivity index (χ1n) is 5.91. The number of esters is 1. The monoisotopic (exact) mass is 239 g/mol. The van der Waals surface area contributed by atoms with Crippen LogP contribution in [0.25, 0.3) is 0 Å². The summed E-state index contributed by atoms with van der Waals surface area (Å²) in [7, 11) is 0. The number of fused-ring (bicyclic) bond motifs is 1. The van der Waals surface area contributed by atoms with Crippen LogP contribution in [0.4, 0.5) is 5.69 Å². The number of nitrogens with zero attached hydrogens (tertiary/aromatic N) is 1. The van der Waals surface area contributed by atoms with E-state index in [0.29, 0.717) is 18.8 Å². The Balaban J connectivity index is 1.91. The van der Waals surface area contributed by atoms with Crippen molar-refractivity contribution < 1.29 is 9.53 Å². The molecular formula is C15H13NO2. The molecule has 2 aromatic rings. The molecule has 3 nitrogen and oxygen atoms in total. The standard InChI is InChI=1S/C15H13NO2/c17-15-11-16(10-12-6-2-1-3-7-12)13-8-4-5-9-14(13)18-15/h1-9H,10-11H2. The topological polar surface area (TPSA) is 29.5 Å². The first-order valence-corrected chi connectivity index (χ1v) is 5.91. The summed E-state index contributed by atoms with van der Waals surface area (Å²) in [6.45, 7) is 1.01. The van der Waals surface area contributed by atoms with Gasteiger partial charge in [0.05, 0.1) is 5.69 Å². The van der Waals surface area contributed by atoms with Crippen LogP contribution in [0.1, 0.15) is 5.56 Å². The van der Waals surface area contributed by atoms with E-state index in [9.17, 15) is 4.79 Å². The maximum Gasteiger partial charge on any atom is 0.331 e. The van der Waals surface area contributed by atoms with E-state index < -0.39 is 0 Å². The molecule has 3 rings (SSSR count). The zero-order chi connectivity index (χ0) is 12.4. The van der Waals surface area contributed by atoms with E-state index >= 15 is 0 Å². The highest BCUT2D eigenvalue weighted by Crippen LogP contribution is 2.32. The van der Waals surface area contributed by atoms with E-state index in [2.05, 4.69) is 12.1 Å². The second kappa shape index (κ2) is 4.53. The highest BCUT2D eigenvalue weighted by molar-refractivity contribution is 5.84. The van der Waals surface area contributed by atoms with Crippen molar-refractivity contribution in [3.8, 4) is 5.75 Å². The summed E-state index contributed by atoms with van der Waals surface area (Å²) in [5.74, 6) is 0.439. The van der Waals surface area contributed by atoms with Crippen molar-refractivity contribution in [2.24, 2.45) is 0 Å². The van der Waals surface area contributed by atoms with E-state index in [0.717, 1.165) is 5.69 Å². The lowest BCUT2D eigenvalue weighted by Gasteiger charge is -2.29. The average molecular weight is 239 g/mol. The molecule has 0 aliphatic carbocycles. The first-order chi connectivity index (χ1) is 8.83. The molecule has 2 aromatic carbocycles. The molecule has 0 spiro atoms. The van der Waals surface area contributed by atoms with Crippen molar-refractivity contribution in [1.82, 2.24) is 0 Å². The fourth-order valence-corrected chi connectivity index (χ4v) is 2.15. The molecular weight excluding hydrogens is 226 g/mol. The van der Waals surface area contributed by atoms with Crippen LogP contribution < -0.4 is 9.64 Å². The normalized spacial score (nSPS) is 14.0. The minimum Gasteiger partial charge on any atom is -0.423 e. The van der Waals surface area contributed by atoms with Gasteiger partial charge in [0.25, 0.3) is 0 Å². The van der Waals surface area contributed by atoms with Gasteiger partial charge in [-0.2, -0.15) is 0 Å². The smallest absolute Gasteiger partial charge is 0.331 e. The van der Waals surface area contributed by atoms with Gasteiger partial charge in [-0.25, -0.2) is 4.79 Å². The molecule has 1 aliphatic rings. The minimum atomic E-state index is -0.204. The number of para-hydroxylation sites is 2. The molecule has 0 atom stereocenters. The first kappa shape index (κ1) is 10.8. The average Bonchev–Trinajstić information content (AvgIpc) is 2.40. The molecule has 0 saturated carbocycles. The Morgan fingerprint density at radius 1 is 1.00 bits per heavy atom. The number of hydrogen-bond acceptors (Lipinski definition) is 3. The van der Waals surface area contributed by atoms with Crippen LogP contribution in [-0.4, -0.2) is 12.5 Å². The molecule has 0 radical (unpaired) electrons. The molecule has 0 bridgehead atoms. The third-order valence-corrected chi connectivity index (χ3v) is 2.97. The summed E-state index contributed by atoms with van der Waals surface area (Å²) in [5.41, 5.74) is 2.16. The number of carbonyl (C=O) groups excluding carboxylic acids is 1. The molecule has 0 unspecified atom stereocenters. The van der Waals surface area contributed by atoms with Gasteiger partial charge in [0.1, 0.15) is 6.54 Å². The van der Waals surface area contributed by atoms with Gasteiger partial charge in [0.2, 0.25) is 0 Å². The van der Waals surface area contributed by atoms with Crippen LogP contribution in [0.2, 0.25) is 0 Å². The van der Waals surface area contributed by atoms with E-state index in [-0.39, 0.29) is 5.97 Å². The fourth-order valence-electron chi connectivity index (χ4n) is 2.15. The third-order valence-electron chi connectivity index (χ3n) is 2.97. The molecule has 1 heterocycles. The van der Waals surface area contributed by atoms with Crippen molar-refractivity contribution in [3.63, 3.8) is 0 Å². The van der Waals surface area contributed by atoms with E-state index in [1.54, 1.807) is 0 Å². The number of carbonyl (C=O) groups is 1. The maximum absolute atomic E-state index is 11.6. The molecule has 0 N–H and O–H groups in total. The van der Waals surface area contributed by atoms with Crippen molar-refractivity contribution in [1.29, 1.82) is 0 Å². The molecule has 1 aliphatic heterocycles. The van der Waals surface area contributed by atoms with Gasteiger partial charge in [-0.3, -0.25) is 0 Å². The van der Waals surface area contributed by atoms with Gasteiger partial charge in [-0.1, -0.05) is 42.5 Å². The van der Waals surface area contributed by atoms with Crippen LogP contribution in [-0.2, 0) is 11.3 Å². The van der Waals surface area contributed by atoms with Gasteiger partial charge >= 0.3 is 5.97 Å². The third kappa shape index (κ3) is 2.07. The molecule has 0 saturated heterocycles.